The van der Waals surface area contributed by atoms with E-state index in [0.717, 1.165) is 26.2 Å². The summed E-state index contributed by atoms with van der Waals surface area (Å²) in [5.41, 5.74) is 0. The SMILES string of the molecule is CC(C)CS(=O)(=O)N1C[C@H]2CNC[C@H]2C1. The Balaban J connectivity index is 2.01. The molecule has 4 nitrogen and oxygen atoms in total. The maximum absolute atomic E-state index is 12.0. The number of hydrogen-bond acceptors (Lipinski definition) is 3. The molecule has 2 saturated heterocycles. The normalized spacial score (nSPS) is 32.5. The maximum Gasteiger partial charge on any atom is 0.214 e. The molecule has 2 atom stereocenters. The van der Waals surface area contributed by atoms with Gasteiger partial charge in [0, 0.05) is 13.1 Å². The van der Waals surface area contributed by atoms with E-state index in [2.05, 4.69) is 5.32 Å². The lowest BCUT2D eigenvalue weighted by molar-refractivity contribution is 0.442. The molecule has 0 saturated carbocycles. The van der Waals surface area contributed by atoms with Gasteiger partial charge in [0.05, 0.1) is 5.75 Å². The Kier molecular flexibility index (Phi) is 3.05. The molecular weight excluding hydrogens is 212 g/mol. The molecule has 2 heterocycles. The fourth-order valence-electron chi connectivity index (χ4n) is 2.57. The monoisotopic (exact) mass is 232 g/mol. The van der Waals surface area contributed by atoms with E-state index in [1.165, 1.54) is 0 Å². The predicted molar refractivity (Wildman–Crippen MR) is 60.0 cm³/mol. The van der Waals surface area contributed by atoms with Gasteiger partial charge in [-0.1, -0.05) is 13.8 Å². The smallest absolute Gasteiger partial charge is 0.214 e. The molecule has 15 heavy (non-hydrogen) atoms. The van der Waals surface area contributed by atoms with Crippen LogP contribution < -0.4 is 5.32 Å². The van der Waals surface area contributed by atoms with Gasteiger partial charge in [-0.3, -0.25) is 0 Å². The van der Waals surface area contributed by atoms with Crippen LogP contribution in [0.5, 0.6) is 0 Å². The van der Waals surface area contributed by atoms with E-state index in [0.29, 0.717) is 17.6 Å². The topological polar surface area (TPSA) is 49.4 Å². The predicted octanol–water partition coefficient (Wildman–Crippen LogP) is 0.123. The lowest BCUT2D eigenvalue weighted by Gasteiger charge is -2.18. The lowest BCUT2D eigenvalue weighted by Crippen LogP contribution is -2.34. The highest BCUT2D eigenvalue weighted by molar-refractivity contribution is 7.89. The Morgan fingerprint density at radius 3 is 2.27 bits per heavy atom. The van der Waals surface area contributed by atoms with E-state index >= 15 is 0 Å². The molecule has 0 radical (unpaired) electrons. The zero-order chi connectivity index (χ0) is 11.1. The Morgan fingerprint density at radius 1 is 1.27 bits per heavy atom. The van der Waals surface area contributed by atoms with E-state index in [9.17, 15) is 8.42 Å². The fourth-order valence-corrected chi connectivity index (χ4v) is 4.46. The van der Waals surface area contributed by atoms with E-state index < -0.39 is 10.0 Å². The molecule has 0 bridgehead atoms. The standard InChI is InChI=1S/C10H20N2O2S/c1-8(2)7-15(13,14)12-5-9-3-11-4-10(9)6-12/h8-11H,3-7H2,1-2H3/t9-,10+. The van der Waals surface area contributed by atoms with Crippen molar-refractivity contribution in [3.8, 4) is 0 Å². The average Bonchev–Trinajstić information content (AvgIpc) is 2.56. The van der Waals surface area contributed by atoms with Crippen LogP contribution in [0, 0.1) is 17.8 Å². The zero-order valence-corrected chi connectivity index (χ0v) is 10.3. The first-order valence-corrected chi connectivity index (χ1v) is 7.28. The van der Waals surface area contributed by atoms with Crippen molar-refractivity contribution in [2.75, 3.05) is 31.9 Å². The molecule has 88 valence electrons. The summed E-state index contributed by atoms with van der Waals surface area (Å²) in [5.74, 6) is 1.60. The molecule has 0 aromatic rings. The third-order valence-electron chi connectivity index (χ3n) is 3.29. The van der Waals surface area contributed by atoms with Crippen LogP contribution in [-0.4, -0.2) is 44.7 Å². The van der Waals surface area contributed by atoms with Crippen molar-refractivity contribution in [1.29, 1.82) is 0 Å². The maximum atomic E-state index is 12.0. The van der Waals surface area contributed by atoms with Crippen LogP contribution in [0.2, 0.25) is 0 Å². The van der Waals surface area contributed by atoms with Crippen LogP contribution in [0.4, 0.5) is 0 Å². The van der Waals surface area contributed by atoms with Crippen molar-refractivity contribution in [2.45, 2.75) is 13.8 Å². The van der Waals surface area contributed by atoms with Crippen molar-refractivity contribution in [2.24, 2.45) is 17.8 Å². The van der Waals surface area contributed by atoms with Crippen LogP contribution in [-0.2, 0) is 10.0 Å². The van der Waals surface area contributed by atoms with Crippen molar-refractivity contribution < 1.29 is 8.42 Å². The molecule has 0 aliphatic carbocycles. The second-order valence-corrected chi connectivity index (χ2v) is 7.18. The van der Waals surface area contributed by atoms with Gasteiger partial charge in [-0.25, -0.2) is 12.7 Å². The summed E-state index contributed by atoms with van der Waals surface area (Å²) in [7, 11) is -3.00. The van der Waals surface area contributed by atoms with Crippen molar-refractivity contribution >= 4 is 10.0 Å². The van der Waals surface area contributed by atoms with E-state index in [4.69, 9.17) is 0 Å². The minimum atomic E-state index is -3.00. The molecule has 5 heteroatoms. The number of sulfonamides is 1. The quantitative estimate of drug-likeness (QED) is 0.752. The molecule has 0 aromatic carbocycles. The van der Waals surface area contributed by atoms with Gasteiger partial charge in [-0.2, -0.15) is 0 Å². The van der Waals surface area contributed by atoms with Crippen LogP contribution in [0.1, 0.15) is 13.8 Å². The van der Waals surface area contributed by atoms with Gasteiger partial charge in [0.2, 0.25) is 10.0 Å². The van der Waals surface area contributed by atoms with Gasteiger partial charge in [0.1, 0.15) is 0 Å². The molecule has 2 fully saturated rings. The van der Waals surface area contributed by atoms with E-state index in [1.54, 1.807) is 4.31 Å². The molecule has 2 aliphatic heterocycles. The number of hydrogen-bond donors (Lipinski definition) is 1. The third-order valence-corrected chi connectivity index (χ3v) is 5.47. The Morgan fingerprint density at radius 2 is 1.80 bits per heavy atom. The van der Waals surface area contributed by atoms with Gasteiger partial charge in [-0.15, -0.1) is 0 Å². The first-order valence-electron chi connectivity index (χ1n) is 5.67. The summed E-state index contributed by atoms with van der Waals surface area (Å²) in [5, 5.41) is 3.32. The van der Waals surface area contributed by atoms with Crippen LogP contribution in [0.15, 0.2) is 0 Å². The summed E-state index contributed by atoms with van der Waals surface area (Å²) in [4.78, 5) is 0. The molecule has 1 N–H and O–H groups in total. The van der Waals surface area contributed by atoms with Crippen LogP contribution >= 0.6 is 0 Å². The Bertz CT molecular complexity index is 314. The minimum absolute atomic E-state index is 0.216. The first-order chi connectivity index (χ1) is 6.99. The minimum Gasteiger partial charge on any atom is -0.316 e. The average molecular weight is 232 g/mol. The van der Waals surface area contributed by atoms with E-state index in [1.807, 2.05) is 13.8 Å². The van der Waals surface area contributed by atoms with Gasteiger partial charge in [0.15, 0.2) is 0 Å². The zero-order valence-electron chi connectivity index (χ0n) is 9.44. The van der Waals surface area contributed by atoms with Crippen molar-refractivity contribution in [3.05, 3.63) is 0 Å². The second-order valence-electron chi connectivity index (χ2n) is 5.17. The molecule has 0 unspecified atom stereocenters. The summed E-state index contributed by atoms with van der Waals surface area (Å²) in [6.45, 7) is 7.34. The lowest BCUT2D eigenvalue weighted by atomic mass is 10.0. The van der Waals surface area contributed by atoms with Gasteiger partial charge in [0.25, 0.3) is 0 Å². The molecule has 0 spiro atoms. The van der Waals surface area contributed by atoms with E-state index in [-0.39, 0.29) is 5.92 Å². The summed E-state index contributed by atoms with van der Waals surface area (Å²) in [6, 6.07) is 0. The molecule has 2 aliphatic rings. The fraction of sp³-hybridized carbons (Fsp3) is 1.00. The highest BCUT2D eigenvalue weighted by atomic mass is 32.2. The molecule has 2 rings (SSSR count). The van der Waals surface area contributed by atoms with Crippen molar-refractivity contribution in [3.63, 3.8) is 0 Å². The second kappa shape index (κ2) is 4.03. The third kappa shape index (κ3) is 2.34. The number of nitrogens with zero attached hydrogens (tertiary/aromatic N) is 1. The first kappa shape index (κ1) is 11.4. The van der Waals surface area contributed by atoms with Gasteiger partial charge >= 0.3 is 0 Å². The summed E-state index contributed by atoms with van der Waals surface area (Å²) >= 11 is 0. The number of nitrogens with one attached hydrogen (secondary N) is 1. The van der Waals surface area contributed by atoms with Crippen LogP contribution in [0.25, 0.3) is 0 Å². The van der Waals surface area contributed by atoms with Gasteiger partial charge < -0.3 is 5.32 Å². The van der Waals surface area contributed by atoms with Crippen LogP contribution in [0.3, 0.4) is 0 Å². The Labute approximate surface area is 92.1 Å². The summed E-state index contributed by atoms with van der Waals surface area (Å²) in [6.07, 6.45) is 0. The molecular formula is C10H20N2O2S. The highest BCUT2D eigenvalue weighted by Crippen LogP contribution is 2.28. The largest absolute Gasteiger partial charge is 0.316 e. The molecule has 0 aromatic heterocycles. The Hall–Kier alpha value is -0.130. The number of fused-ring (bicyclic) bond motifs is 1. The summed E-state index contributed by atoms with van der Waals surface area (Å²) < 4.78 is 25.7. The number of rotatable bonds is 3. The van der Waals surface area contributed by atoms with Crippen molar-refractivity contribution in [1.82, 2.24) is 9.62 Å². The molecule has 0 amide bonds. The highest BCUT2D eigenvalue weighted by Gasteiger charge is 2.40. The van der Waals surface area contributed by atoms with Gasteiger partial charge in [-0.05, 0) is 30.8 Å².